The molecular weight excluding hydrogens is 206 g/mol. The lowest BCUT2D eigenvalue weighted by molar-refractivity contribution is -0.131. The van der Waals surface area contributed by atoms with Crippen LogP contribution >= 0.6 is 0 Å². The van der Waals surface area contributed by atoms with Crippen LogP contribution in [-0.4, -0.2) is 16.4 Å². The molecule has 0 N–H and O–H groups in total. The lowest BCUT2D eigenvalue weighted by Crippen LogP contribution is -2.03. The maximum atomic E-state index is 11.7. The maximum Gasteiger partial charge on any atom is 0.308 e. The van der Waals surface area contributed by atoms with Crippen LogP contribution in [0.25, 0.3) is 10.9 Å². The third-order valence-corrected chi connectivity index (χ3v) is 1.89. The number of hydrogen-bond acceptors (Lipinski definition) is 3. The van der Waals surface area contributed by atoms with E-state index in [2.05, 4.69) is 0 Å². The van der Waals surface area contributed by atoms with Gasteiger partial charge < -0.3 is 4.74 Å². The van der Waals surface area contributed by atoms with Gasteiger partial charge in [-0.2, -0.15) is 0 Å². The van der Waals surface area contributed by atoms with Crippen molar-refractivity contribution in [2.75, 3.05) is 0 Å². The molecule has 0 bridgehead atoms. The summed E-state index contributed by atoms with van der Waals surface area (Å²) in [6.45, 7) is 2.25. The lowest BCUT2D eigenvalue weighted by atomic mass is 10.2. The number of hydrogen-bond donors (Lipinski definition) is 0. The van der Waals surface area contributed by atoms with Gasteiger partial charge in [0.25, 0.3) is 0 Å². The van der Waals surface area contributed by atoms with Gasteiger partial charge in [0.2, 0.25) is 5.91 Å². The Hall–Kier alpha value is -2.10. The minimum absolute atomic E-state index is 0.156. The highest BCUT2D eigenvalue weighted by molar-refractivity contribution is 5.96. The van der Waals surface area contributed by atoms with E-state index in [1.54, 1.807) is 0 Å². The van der Waals surface area contributed by atoms with Crippen molar-refractivity contribution in [1.82, 2.24) is 4.57 Å². The molecule has 0 unspecified atom stereocenters. The summed E-state index contributed by atoms with van der Waals surface area (Å²) in [7, 11) is 0. The number of esters is 1. The fraction of sp³-hybridized carbons (Fsp3) is 0.167. The summed E-state index contributed by atoms with van der Waals surface area (Å²) in [5, 5.41) is -0.156. The summed E-state index contributed by atoms with van der Waals surface area (Å²) in [5.74, 6) is -1.72. The van der Waals surface area contributed by atoms with Crippen molar-refractivity contribution >= 4 is 22.8 Å². The maximum absolute atomic E-state index is 11.7. The first kappa shape index (κ1) is 5.84. The topological polar surface area (TPSA) is 48.3 Å². The zero-order valence-electron chi connectivity index (χ0n) is 13.7. The molecule has 0 spiro atoms. The van der Waals surface area contributed by atoms with Gasteiger partial charge in [-0.1, -0.05) is 12.1 Å². The highest BCUT2D eigenvalue weighted by atomic mass is 16.5. The second-order valence-electron chi connectivity index (χ2n) is 3.11. The third kappa shape index (κ3) is 1.69. The largest absolute Gasteiger partial charge is 0.424 e. The molecule has 0 aliphatic carbocycles. The second-order valence-corrected chi connectivity index (χ2v) is 3.11. The van der Waals surface area contributed by atoms with Crippen molar-refractivity contribution in [3.63, 3.8) is 0 Å². The highest BCUT2D eigenvalue weighted by Crippen LogP contribution is 2.27. The molecule has 0 aliphatic heterocycles. The third-order valence-electron chi connectivity index (χ3n) is 1.89. The Kier molecular flexibility index (Phi) is 1.39. The minimum atomic E-state index is -0.751. The smallest absolute Gasteiger partial charge is 0.308 e. The van der Waals surface area contributed by atoms with Crippen LogP contribution in [0.3, 0.4) is 0 Å². The highest BCUT2D eigenvalue weighted by Gasteiger charge is 2.12. The lowest BCUT2D eigenvalue weighted by Gasteiger charge is -1.96. The zero-order chi connectivity index (χ0) is 16.1. The number of benzene rings is 1. The van der Waals surface area contributed by atoms with Crippen molar-refractivity contribution in [2.24, 2.45) is 0 Å². The van der Waals surface area contributed by atoms with Crippen LogP contribution in [0.2, 0.25) is 0 Å². The van der Waals surface area contributed by atoms with Crippen LogP contribution in [-0.2, 0) is 4.79 Å². The molecule has 1 aromatic carbocycles. The monoisotopic (exact) mass is 222 g/mol. The molecule has 2 aromatic rings. The molecular formula is C12H11NO3. The Balaban J connectivity index is 3.09. The molecule has 4 heteroatoms. The molecule has 16 heavy (non-hydrogen) atoms. The van der Waals surface area contributed by atoms with E-state index in [1.807, 2.05) is 0 Å². The fourth-order valence-corrected chi connectivity index (χ4v) is 1.31. The Morgan fingerprint density at radius 1 is 1.31 bits per heavy atom. The predicted octanol–water partition coefficient (Wildman–Crippen LogP) is 2.23. The average molecular weight is 222 g/mol. The van der Waals surface area contributed by atoms with Gasteiger partial charge in [0, 0.05) is 19.2 Å². The van der Waals surface area contributed by atoms with Crippen molar-refractivity contribution < 1.29 is 21.2 Å². The molecule has 1 heterocycles. The van der Waals surface area contributed by atoms with Crippen LogP contribution in [0, 0.1) is 0 Å². The molecule has 0 amide bonds. The van der Waals surface area contributed by atoms with Gasteiger partial charge in [0.05, 0.1) is 18.5 Å². The summed E-state index contributed by atoms with van der Waals surface area (Å²) in [5.41, 5.74) is -0.172. The number of fused-ring (bicyclic) bond motifs is 1. The standard InChI is InChI=1S/C12H11NO3/c1-8(14)13-7-12(16-9(2)15)10-5-3-4-6-11(10)13/h3-7H,1-2H3/i3D,4D,5D,6D,7D. The average Bonchev–Trinajstić information content (AvgIpc) is 2.67. The first-order valence-corrected chi connectivity index (χ1v) is 4.49. The van der Waals surface area contributed by atoms with Crippen LogP contribution in [0.4, 0.5) is 0 Å². The van der Waals surface area contributed by atoms with Gasteiger partial charge in [-0.3, -0.25) is 14.2 Å². The van der Waals surface area contributed by atoms with E-state index < -0.39 is 42.2 Å². The zero-order valence-corrected chi connectivity index (χ0v) is 8.67. The number of para-hydroxylation sites is 1. The van der Waals surface area contributed by atoms with E-state index in [4.69, 9.17) is 11.6 Å². The Bertz CT molecular complexity index is 797. The summed E-state index contributed by atoms with van der Waals surface area (Å²) in [6.07, 6.45) is -0.486. The summed E-state index contributed by atoms with van der Waals surface area (Å²) in [4.78, 5) is 22.8. The van der Waals surface area contributed by atoms with Crippen molar-refractivity contribution in [1.29, 1.82) is 0 Å². The first-order chi connectivity index (χ1) is 9.68. The normalized spacial score (nSPS) is 14.8. The molecule has 2 rings (SSSR count). The number of carbonyl (C=O) groups is 2. The van der Waals surface area contributed by atoms with E-state index in [1.165, 1.54) is 0 Å². The number of aromatic nitrogens is 1. The molecule has 0 radical (unpaired) electrons. The number of ether oxygens (including phenoxy) is 1. The molecule has 0 saturated carbocycles. The van der Waals surface area contributed by atoms with Gasteiger partial charge in [-0.05, 0) is 12.1 Å². The molecule has 0 aliphatic rings. The Morgan fingerprint density at radius 2 is 2.00 bits per heavy atom. The van der Waals surface area contributed by atoms with Crippen LogP contribution in [0.5, 0.6) is 5.75 Å². The molecule has 82 valence electrons. The second kappa shape index (κ2) is 3.81. The van der Waals surface area contributed by atoms with E-state index >= 15 is 0 Å². The van der Waals surface area contributed by atoms with Gasteiger partial charge in [0.15, 0.2) is 5.75 Å². The van der Waals surface area contributed by atoms with Gasteiger partial charge >= 0.3 is 5.97 Å². The molecule has 0 atom stereocenters. The van der Waals surface area contributed by atoms with Gasteiger partial charge in [-0.25, -0.2) is 0 Å². The van der Waals surface area contributed by atoms with E-state index in [9.17, 15) is 9.59 Å². The summed E-state index contributed by atoms with van der Waals surface area (Å²) in [6, 6.07) is -1.98. The number of carbonyl (C=O) groups excluding carboxylic acids is 2. The SMILES string of the molecule is [2H]c1c([2H])c([2H])c2c(c1[2H])c(OC(C)=O)c([2H])n2C(C)=O. The van der Waals surface area contributed by atoms with E-state index in [-0.39, 0.29) is 16.7 Å². The van der Waals surface area contributed by atoms with E-state index in [0.717, 1.165) is 18.4 Å². The molecule has 4 nitrogen and oxygen atoms in total. The predicted molar refractivity (Wildman–Crippen MR) is 59.5 cm³/mol. The van der Waals surface area contributed by atoms with Gasteiger partial charge in [-0.15, -0.1) is 0 Å². The molecule has 1 aromatic heterocycles. The van der Waals surface area contributed by atoms with Crippen LogP contribution in [0.1, 0.15) is 25.5 Å². The van der Waals surface area contributed by atoms with Crippen molar-refractivity contribution in [2.45, 2.75) is 13.8 Å². The minimum Gasteiger partial charge on any atom is -0.424 e. The molecule has 0 saturated heterocycles. The van der Waals surface area contributed by atoms with Gasteiger partial charge in [0.1, 0.15) is 0 Å². The van der Waals surface area contributed by atoms with Crippen LogP contribution in [0.15, 0.2) is 30.3 Å². The fourth-order valence-electron chi connectivity index (χ4n) is 1.31. The summed E-state index contributed by atoms with van der Waals surface area (Å²) < 4.78 is 44.6. The Labute approximate surface area is 99.5 Å². The first-order valence-electron chi connectivity index (χ1n) is 6.99. The Morgan fingerprint density at radius 3 is 2.62 bits per heavy atom. The van der Waals surface area contributed by atoms with Crippen LogP contribution < -0.4 is 4.74 Å². The molecule has 0 fully saturated rings. The number of rotatable bonds is 1. The summed E-state index contributed by atoms with van der Waals surface area (Å²) >= 11 is 0. The van der Waals surface area contributed by atoms with Crippen molar-refractivity contribution in [3.05, 3.63) is 30.3 Å². The quantitative estimate of drug-likeness (QED) is 0.695. The number of nitrogens with zero attached hydrogens (tertiary/aromatic N) is 1. The van der Waals surface area contributed by atoms with E-state index in [0.29, 0.717) is 0 Å². The van der Waals surface area contributed by atoms with Crippen molar-refractivity contribution in [3.8, 4) is 5.75 Å².